The van der Waals surface area contributed by atoms with Crippen molar-refractivity contribution >= 4 is 27.3 Å². The molecule has 1 amide bonds. The van der Waals surface area contributed by atoms with Crippen LogP contribution in [0, 0.1) is 0 Å². The molecular weight excluding hydrogens is 294 g/mol. The van der Waals surface area contributed by atoms with E-state index in [2.05, 4.69) is 23.5 Å². The molecule has 4 heteroatoms. The second-order valence-corrected chi connectivity index (χ2v) is 6.36. The van der Waals surface area contributed by atoms with E-state index in [1.807, 2.05) is 24.3 Å². The fourth-order valence-electron chi connectivity index (χ4n) is 2.30. The van der Waals surface area contributed by atoms with Gasteiger partial charge in [0.15, 0.2) is 0 Å². The van der Waals surface area contributed by atoms with Gasteiger partial charge in [0.25, 0.3) is 0 Å². The van der Waals surface area contributed by atoms with Gasteiger partial charge in [-0.15, -0.1) is 11.3 Å². The van der Waals surface area contributed by atoms with Gasteiger partial charge in [0.1, 0.15) is 5.75 Å². The Morgan fingerprint density at radius 2 is 1.86 bits per heavy atom. The molecule has 0 fully saturated rings. The number of nitrogens with one attached hydrogen (secondary N) is 1. The summed E-state index contributed by atoms with van der Waals surface area (Å²) in [4.78, 5) is 13.2. The summed E-state index contributed by atoms with van der Waals surface area (Å²) in [6.45, 7) is 0.492. The lowest BCUT2D eigenvalue weighted by Gasteiger charge is -2.05. The Balaban J connectivity index is 1.50. The Kier molecular flexibility index (Phi) is 4.39. The third kappa shape index (κ3) is 3.65. The number of aryl methyl sites for hydroxylation is 1. The molecule has 0 radical (unpaired) electrons. The molecule has 3 rings (SSSR count). The first-order valence-electron chi connectivity index (χ1n) is 7.23. The number of hydrogen-bond acceptors (Lipinski definition) is 3. The number of thiophene rings is 1. The van der Waals surface area contributed by atoms with Crippen molar-refractivity contribution in [1.29, 1.82) is 0 Å². The summed E-state index contributed by atoms with van der Waals surface area (Å²) in [6, 6.07) is 17.3. The molecule has 22 heavy (non-hydrogen) atoms. The smallest absolute Gasteiger partial charge is 0.220 e. The standard InChI is InChI=1S/C18H17NO2S/c20-15-7-5-13(6-8-15)12-19-18(21)10-9-16-11-14-3-1-2-4-17(14)22-16/h1-8,11,20H,9-10,12H2,(H,19,21). The van der Waals surface area contributed by atoms with Crippen molar-refractivity contribution in [2.45, 2.75) is 19.4 Å². The Bertz CT molecular complexity index is 744. The van der Waals surface area contributed by atoms with Crippen LogP contribution in [0.25, 0.3) is 10.1 Å². The van der Waals surface area contributed by atoms with E-state index in [1.54, 1.807) is 23.5 Å². The van der Waals surface area contributed by atoms with Crippen molar-refractivity contribution in [3.05, 3.63) is 65.0 Å². The Labute approximate surface area is 133 Å². The van der Waals surface area contributed by atoms with Crippen LogP contribution in [0.3, 0.4) is 0 Å². The molecule has 0 aliphatic rings. The van der Waals surface area contributed by atoms with E-state index in [-0.39, 0.29) is 11.7 Å². The third-order valence-corrected chi connectivity index (χ3v) is 4.68. The Hall–Kier alpha value is -2.33. The number of rotatable bonds is 5. The van der Waals surface area contributed by atoms with E-state index in [9.17, 15) is 9.90 Å². The van der Waals surface area contributed by atoms with E-state index in [0.29, 0.717) is 13.0 Å². The van der Waals surface area contributed by atoms with Gasteiger partial charge in [-0.3, -0.25) is 4.79 Å². The maximum absolute atomic E-state index is 11.9. The zero-order chi connectivity index (χ0) is 15.4. The molecule has 0 bridgehead atoms. The number of carbonyl (C=O) groups excluding carboxylic acids is 1. The van der Waals surface area contributed by atoms with Gasteiger partial charge in [-0.05, 0) is 41.6 Å². The highest BCUT2D eigenvalue weighted by atomic mass is 32.1. The molecule has 0 aliphatic carbocycles. The zero-order valence-corrected chi connectivity index (χ0v) is 12.9. The maximum atomic E-state index is 11.9. The van der Waals surface area contributed by atoms with E-state index in [1.165, 1.54) is 15.0 Å². The lowest BCUT2D eigenvalue weighted by molar-refractivity contribution is -0.121. The molecule has 1 heterocycles. The normalized spacial score (nSPS) is 10.7. The molecule has 0 saturated heterocycles. The number of phenols is 1. The fourth-order valence-corrected chi connectivity index (χ4v) is 3.36. The quantitative estimate of drug-likeness (QED) is 0.752. The monoisotopic (exact) mass is 311 g/mol. The van der Waals surface area contributed by atoms with Crippen molar-refractivity contribution < 1.29 is 9.90 Å². The van der Waals surface area contributed by atoms with Crippen LogP contribution in [0.4, 0.5) is 0 Å². The zero-order valence-electron chi connectivity index (χ0n) is 12.1. The summed E-state index contributed by atoms with van der Waals surface area (Å²) >= 11 is 1.75. The van der Waals surface area contributed by atoms with Crippen molar-refractivity contribution in [2.75, 3.05) is 0 Å². The highest BCUT2D eigenvalue weighted by Gasteiger charge is 2.05. The molecular formula is C18H17NO2S. The van der Waals surface area contributed by atoms with Gasteiger partial charge in [-0.25, -0.2) is 0 Å². The first kappa shape index (κ1) is 14.6. The fraction of sp³-hybridized carbons (Fsp3) is 0.167. The number of hydrogen-bond donors (Lipinski definition) is 2. The molecule has 1 aromatic heterocycles. The second kappa shape index (κ2) is 6.62. The highest BCUT2D eigenvalue weighted by Crippen LogP contribution is 2.26. The SMILES string of the molecule is O=C(CCc1cc2ccccc2s1)NCc1ccc(O)cc1. The number of phenolic OH excluding ortho intramolecular Hbond substituents is 1. The molecule has 2 N–H and O–H groups in total. The van der Waals surface area contributed by atoms with Crippen molar-refractivity contribution in [3.8, 4) is 5.75 Å². The number of carbonyl (C=O) groups is 1. The molecule has 112 valence electrons. The van der Waals surface area contributed by atoms with Gasteiger partial charge in [0.2, 0.25) is 5.91 Å². The summed E-state index contributed by atoms with van der Waals surface area (Å²) in [5.74, 6) is 0.283. The van der Waals surface area contributed by atoms with Crippen LogP contribution in [0.15, 0.2) is 54.6 Å². The number of amides is 1. The minimum absolute atomic E-state index is 0.0468. The van der Waals surface area contributed by atoms with Crippen LogP contribution in [0.2, 0.25) is 0 Å². The first-order valence-corrected chi connectivity index (χ1v) is 8.04. The second-order valence-electron chi connectivity index (χ2n) is 5.19. The van der Waals surface area contributed by atoms with Crippen molar-refractivity contribution in [3.63, 3.8) is 0 Å². The van der Waals surface area contributed by atoms with Gasteiger partial charge in [0.05, 0.1) is 0 Å². The predicted octanol–water partition coefficient (Wildman–Crippen LogP) is 3.86. The largest absolute Gasteiger partial charge is 0.508 e. The van der Waals surface area contributed by atoms with Crippen LogP contribution in [0.5, 0.6) is 5.75 Å². The van der Waals surface area contributed by atoms with Gasteiger partial charge in [0, 0.05) is 22.5 Å². The van der Waals surface area contributed by atoms with E-state index >= 15 is 0 Å². The number of aromatic hydroxyl groups is 1. The molecule has 0 saturated carbocycles. The summed E-state index contributed by atoms with van der Waals surface area (Å²) < 4.78 is 1.27. The molecule has 0 aliphatic heterocycles. The molecule has 0 unspecified atom stereocenters. The maximum Gasteiger partial charge on any atom is 0.220 e. The average molecular weight is 311 g/mol. The van der Waals surface area contributed by atoms with Crippen LogP contribution in [-0.2, 0) is 17.8 Å². The minimum Gasteiger partial charge on any atom is -0.508 e. The van der Waals surface area contributed by atoms with Crippen LogP contribution in [-0.4, -0.2) is 11.0 Å². The average Bonchev–Trinajstić information content (AvgIpc) is 2.95. The van der Waals surface area contributed by atoms with Gasteiger partial charge < -0.3 is 10.4 Å². The Morgan fingerprint density at radius 1 is 1.09 bits per heavy atom. The molecule has 2 aromatic carbocycles. The van der Waals surface area contributed by atoms with Gasteiger partial charge in [-0.2, -0.15) is 0 Å². The van der Waals surface area contributed by atoms with Crippen LogP contribution >= 0.6 is 11.3 Å². The number of fused-ring (bicyclic) bond motifs is 1. The lowest BCUT2D eigenvalue weighted by atomic mass is 10.2. The van der Waals surface area contributed by atoms with E-state index in [0.717, 1.165) is 12.0 Å². The van der Waals surface area contributed by atoms with Crippen molar-refractivity contribution in [2.24, 2.45) is 0 Å². The predicted molar refractivity (Wildman–Crippen MR) is 90.1 cm³/mol. The van der Waals surface area contributed by atoms with E-state index < -0.39 is 0 Å². The molecule has 0 spiro atoms. The summed E-state index contributed by atoms with van der Waals surface area (Å²) in [6.07, 6.45) is 1.26. The number of benzene rings is 2. The molecule has 3 aromatic rings. The molecule has 3 nitrogen and oxygen atoms in total. The third-order valence-electron chi connectivity index (χ3n) is 3.50. The van der Waals surface area contributed by atoms with Crippen LogP contribution < -0.4 is 5.32 Å². The van der Waals surface area contributed by atoms with Crippen molar-refractivity contribution in [1.82, 2.24) is 5.32 Å². The highest BCUT2D eigenvalue weighted by molar-refractivity contribution is 7.19. The molecule has 0 atom stereocenters. The lowest BCUT2D eigenvalue weighted by Crippen LogP contribution is -2.22. The van der Waals surface area contributed by atoms with E-state index in [4.69, 9.17) is 0 Å². The summed E-state index contributed by atoms with van der Waals surface area (Å²) in [7, 11) is 0. The summed E-state index contributed by atoms with van der Waals surface area (Å²) in [5.41, 5.74) is 0.980. The van der Waals surface area contributed by atoms with Crippen LogP contribution in [0.1, 0.15) is 16.9 Å². The Morgan fingerprint density at radius 3 is 2.64 bits per heavy atom. The minimum atomic E-state index is 0.0468. The van der Waals surface area contributed by atoms with Gasteiger partial charge in [-0.1, -0.05) is 30.3 Å². The van der Waals surface area contributed by atoms with Gasteiger partial charge >= 0.3 is 0 Å². The summed E-state index contributed by atoms with van der Waals surface area (Å²) in [5, 5.41) is 13.4. The topological polar surface area (TPSA) is 49.3 Å². The first-order chi connectivity index (χ1) is 10.7.